The summed E-state index contributed by atoms with van der Waals surface area (Å²) >= 11 is 0. The monoisotopic (exact) mass is 286 g/mol. The molecule has 21 heavy (non-hydrogen) atoms. The molecule has 0 saturated heterocycles. The number of amides is 2. The van der Waals surface area contributed by atoms with Crippen LogP contribution in [0.25, 0.3) is 11.1 Å². The number of nitrogens with one attached hydrogen (secondary N) is 1. The van der Waals surface area contributed by atoms with Gasteiger partial charge in [-0.2, -0.15) is 0 Å². The molecule has 0 unspecified atom stereocenters. The molecule has 2 amide bonds. The molecule has 0 spiro atoms. The molecule has 0 fully saturated rings. The minimum absolute atomic E-state index is 0.335. The van der Waals surface area contributed by atoms with E-state index in [1.165, 1.54) is 7.05 Å². The first-order valence-electron chi connectivity index (χ1n) is 6.16. The van der Waals surface area contributed by atoms with Crippen LogP contribution in [0.5, 0.6) is 11.5 Å². The highest BCUT2D eigenvalue weighted by molar-refractivity contribution is 5.77. The molecule has 2 aromatic carbocycles. The van der Waals surface area contributed by atoms with Crippen LogP contribution >= 0.6 is 0 Å². The van der Waals surface area contributed by atoms with E-state index in [1.54, 1.807) is 48.5 Å². The van der Waals surface area contributed by atoms with Gasteiger partial charge >= 0.3 is 12.2 Å². The number of carbonyl (C=O) groups excluding carboxylic acids is 2. The van der Waals surface area contributed by atoms with E-state index in [9.17, 15) is 9.59 Å². The summed E-state index contributed by atoms with van der Waals surface area (Å²) in [4.78, 5) is 22.1. The van der Waals surface area contributed by atoms with Crippen LogP contribution in [0, 0.1) is 0 Å². The van der Waals surface area contributed by atoms with Crippen LogP contribution in [0.4, 0.5) is 9.59 Å². The van der Waals surface area contributed by atoms with Crippen LogP contribution < -0.4 is 20.5 Å². The number of benzene rings is 2. The minimum Gasteiger partial charge on any atom is -0.410 e. The Morgan fingerprint density at radius 2 is 1.81 bits per heavy atom. The van der Waals surface area contributed by atoms with Crippen molar-refractivity contribution >= 4 is 12.2 Å². The number of rotatable bonds is 3. The van der Waals surface area contributed by atoms with Gasteiger partial charge in [-0.1, -0.05) is 30.3 Å². The zero-order chi connectivity index (χ0) is 15.2. The number of nitrogens with two attached hydrogens (primary N) is 1. The maximum Gasteiger partial charge on any atom is 0.412 e. The van der Waals surface area contributed by atoms with E-state index < -0.39 is 12.2 Å². The van der Waals surface area contributed by atoms with Crippen molar-refractivity contribution in [1.29, 1.82) is 0 Å². The van der Waals surface area contributed by atoms with Crippen LogP contribution in [0.15, 0.2) is 48.5 Å². The third-order valence-corrected chi connectivity index (χ3v) is 2.66. The second-order valence-corrected chi connectivity index (χ2v) is 4.08. The van der Waals surface area contributed by atoms with Crippen molar-refractivity contribution in [2.45, 2.75) is 0 Å². The Kier molecular flexibility index (Phi) is 4.40. The number of hydrogen-bond donors (Lipinski definition) is 2. The van der Waals surface area contributed by atoms with Crippen molar-refractivity contribution in [2.24, 2.45) is 5.73 Å². The number of para-hydroxylation sites is 1. The van der Waals surface area contributed by atoms with Gasteiger partial charge in [-0.05, 0) is 23.8 Å². The Labute approximate surface area is 121 Å². The van der Waals surface area contributed by atoms with Gasteiger partial charge in [0.05, 0.1) is 0 Å². The fraction of sp³-hybridized carbons (Fsp3) is 0.0667. The largest absolute Gasteiger partial charge is 0.412 e. The smallest absolute Gasteiger partial charge is 0.410 e. The van der Waals surface area contributed by atoms with Gasteiger partial charge in [-0.3, -0.25) is 0 Å². The fourth-order valence-corrected chi connectivity index (χ4v) is 1.79. The highest BCUT2D eigenvalue weighted by atomic mass is 16.6. The Bertz CT molecular complexity index is 670. The minimum atomic E-state index is -0.889. The van der Waals surface area contributed by atoms with Crippen LogP contribution in [0.1, 0.15) is 0 Å². The second kappa shape index (κ2) is 6.42. The first kappa shape index (κ1) is 14.4. The molecule has 0 saturated carbocycles. The lowest BCUT2D eigenvalue weighted by Crippen LogP contribution is -2.21. The van der Waals surface area contributed by atoms with Crippen LogP contribution in [-0.4, -0.2) is 19.2 Å². The first-order chi connectivity index (χ1) is 10.1. The normalized spacial score (nSPS) is 9.76. The molecule has 0 radical (unpaired) electrons. The molecule has 6 nitrogen and oxygen atoms in total. The van der Waals surface area contributed by atoms with E-state index in [2.05, 4.69) is 5.32 Å². The summed E-state index contributed by atoms with van der Waals surface area (Å²) < 4.78 is 10.0. The maximum atomic E-state index is 11.2. The number of ether oxygens (including phenoxy) is 2. The van der Waals surface area contributed by atoms with E-state index >= 15 is 0 Å². The van der Waals surface area contributed by atoms with Crippen molar-refractivity contribution in [1.82, 2.24) is 5.32 Å². The molecule has 2 rings (SSSR count). The predicted molar refractivity (Wildman–Crippen MR) is 77.2 cm³/mol. The van der Waals surface area contributed by atoms with E-state index in [-0.39, 0.29) is 0 Å². The van der Waals surface area contributed by atoms with Gasteiger partial charge in [-0.25, -0.2) is 9.59 Å². The van der Waals surface area contributed by atoms with Gasteiger partial charge in [0, 0.05) is 12.6 Å². The van der Waals surface area contributed by atoms with E-state index in [0.717, 1.165) is 5.56 Å². The van der Waals surface area contributed by atoms with Gasteiger partial charge in [0.15, 0.2) is 0 Å². The molecule has 0 bridgehead atoms. The molecule has 2 aromatic rings. The second-order valence-electron chi connectivity index (χ2n) is 4.08. The summed E-state index contributed by atoms with van der Waals surface area (Å²) in [5.41, 5.74) is 6.44. The lowest BCUT2D eigenvalue weighted by atomic mass is 10.0. The molecule has 3 N–H and O–H groups in total. The third-order valence-electron chi connectivity index (χ3n) is 2.66. The van der Waals surface area contributed by atoms with Crippen molar-refractivity contribution in [3.05, 3.63) is 48.5 Å². The lowest BCUT2D eigenvalue weighted by Gasteiger charge is -2.10. The highest BCUT2D eigenvalue weighted by Crippen LogP contribution is 2.31. The molecule has 0 aliphatic heterocycles. The van der Waals surface area contributed by atoms with Crippen LogP contribution in [-0.2, 0) is 0 Å². The molecular weight excluding hydrogens is 272 g/mol. The average molecular weight is 286 g/mol. The Morgan fingerprint density at radius 3 is 2.52 bits per heavy atom. The topological polar surface area (TPSA) is 90.7 Å². The molecule has 0 aromatic heterocycles. The summed E-state index contributed by atoms with van der Waals surface area (Å²) in [6.45, 7) is 0. The highest BCUT2D eigenvalue weighted by Gasteiger charge is 2.10. The Morgan fingerprint density at radius 1 is 1.05 bits per heavy atom. The van der Waals surface area contributed by atoms with Gasteiger partial charge in [0.25, 0.3) is 0 Å². The SMILES string of the molecule is CNC(=O)Oc1cccc(-c2ccccc2OC(N)=O)c1. The molecular formula is C15H14N2O4. The molecule has 0 aliphatic rings. The Hall–Kier alpha value is -3.02. The average Bonchev–Trinajstić information content (AvgIpc) is 2.47. The van der Waals surface area contributed by atoms with Gasteiger partial charge < -0.3 is 20.5 Å². The zero-order valence-corrected chi connectivity index (χ0v) is 11.3. The van der Waals surface area contributed by atoms with E-state index in [0.29, 0.717) is 17.1 Å². The summed E-state index contributed by atoms with van der Waals surface area (Å²) in [6, 6.07) is 13.8. The summed E-state index contributed by atoms with van der Waals surface area (Å²) in [6.07, 6.45) is -1.45. The third kappa shape index (κ3) is 3.73. The Balaban J connectivity index is 2.36. The van der Waals surface area contributed by atoms with Gasteiger partial charge in [0.1, 0.15) is 11.5 Å². The summed E-state index contributed by atoms with van der Waals surface area (Å²) in [5, 5.41) is 2.36. The van der Waals surface area contributed by atoms with Gasteiger partial charge in [0.2, 0.25) is 0 Å². The lowest BCUT2D eigenvalue weighted by molar-refractivity contribution is 0.203. The molecule has 6 heteroatoms. The molecule has 108 valence electrons. The molecule has 0 atom stereocenters. The summed E-state index contributed by atoms with van der Waals surface area (Å²) in [7, 11) is 1.47. The summed E-state index contributed by atoms with van der Waals surface area (Å²) in [5.74, 6) is 0.711. The number of primary amides is 1. The van der Waals surface area contributed by atoms with Crippen molar-refractivity contribution in [3.8, 4) is 22.6 Å². The predicted octanol–water partition coefficient (Wildman–Crippen LogP) is 2.53. The quantitative estimate of drug-likeness (QED) is 0.907. The van der Waals surface area contributed by atoms with Crippen LogP contribution in [0.2, 0.25) is 0 Å². The van der Waals surface area contributed by atoms with Crippen molar-refractivity contribution < 1.29 is 19.1 Å². The van der Waals surface area contributed by atoms with Crippen LogP contribution in [0.3, 0.4) is 0 Å². The fourth-order valence-electron chi connectivity index (χ4n) is 1.79. The zero-order valence-electron chi connectivity index (χ0n) is 11.3. The molecule has 0 heterocycles. The first-order valence-corrected chi connectivity index (χ1v) is 6.16. The van der Waals surface area contributed by atoms with Crippen molar-refractivity contribution in [3.63, 3.8) is 0 Å². The number of hydrogen-bond acceptors (Lipinski definition) is 4. The maximum absolute atomic E-state index is 11.2. The van der Waals surface area contributed by atoms with E-state index in [1.807, 2.05) is 0 Å². The van der Waals surface area contributed by atoms with Crippen molar-refractivity contribution in [2.75, 3.05) is 7.05 Å². The standard InChI is InChI=1S/C15H14N2O4/c1-17-15(19)20-11-6-4-5-10(9-11)12-7-2-3-8-13(12)21-14(16)18/h2-9H,1H3,(H2,16,18)(H,17,19). The van der Waals surface area contributed by atoms with Gasteiger partial charge in [-0.15, -0.1) is 0 Å². The van der Waals surface area contributed by atoms with E-state index in [4.69, 9.17) is 15.2 Å². The molecule has 0 aliphatic carbocycles. The number of carbonyl (C=O) groups is 2.